The van der Waals surface area contributed by atoms with Crippen molar-refractivity contribution in [3.05, 3.63) is 29.6 Å². The summed E-state index contributed by atoms with van der Waals surface area (Å²) in [5, 5.41) is 3.45. The van der Waals surface area contributed by atoms with E-state index in [0.717, 1.165) is 23.5 Å². The molecule has 1 fully saturated rings. The molecule has 0 saturated carbocycles. The number of hydrogen-bond acceptors (Lipinski definition) is 3. The number of halogens is 1. The fourth-order valence-corrected chi connectivity index (χ4v) is 3.31. The largest absolute Gasteiger partial charge is 0.377 e. The molecular weight excluding hydrogens is 237 g/mol. The summed E-state index contributed by atoms with van der Waals surface area (Å²) in [6, 6.07) is 5.29. The van der Waals surface area contributed by atoms with E-state index in [-0.39, 0.29) is 11.9 Å². The molecule has 1 aromatic rings. The monoisotopic (exact) mass is 255 g/mol. The number of ether oxygens (including phenoxy) is 1. The maximum Gasteiger partial charge on any atom is 0.128 e. The zero-order valence-electron chi connectivity index (χ0n) is 10.2. The van der Waals surface area contributed by atoms with Gasteiger partial charge in [-0.25, -0.2) is 4.39 Å². The molecule has 94 valence electrons. The van der Waals surface area contributed by atoms with Gasteiger partial charge in [0.2, 0.25) is 0 Å². The van der Waals surface area contributed by atoms with Crippen LogP contribution < -0.4 is 5.32 Å². The molecule has 2 rings (SSSR count). The van der Waals surface area contributed by atoms with Gasteiger partial charge in [0.25, 0.3) is 0 Å². The van der Waals surface area contributed by atoms with Crippen LogP contribution in [0.3, 0.4) is 0 Å². The summed E-state index contributed by atoms with van der Waals surface area (Å²) in [6.45, 7) is 3.47. The average molecular weight is 255 g/mol. The lowest BCUT2D eigenvalue weighted by Crippen LogP contribution is -2.14. The molecule has 1 aliphatic rings. The first kappa shape index (κ1) is 12.9. The quantitative estimate of drug-likeness (QED) is 0.894. The minimum Gasteiger partial charge on any atom is -0.377 e. The van der Waals surface area contributed by atoms with E-state index < -0.39 is 0 Å². The van der Waals surface area contributed by atoms with Gasteiger partial charge in [-0.2, -0.15) is 0 Å². The second-order valence-electron chi connectivity index (χ2n) is 4.27. The van der Waals surface area contributed by atoms with Crippen molar-refractivity contribution in [3.63, 3.8) is 0 Å². The van der Waals surface area contributed by atoms with Crippen LogP contribution in [0.15, 0.2) is 23.1 Å². The number of thioether (sulfide) groups is 1. The molecule has 0 aromatic heterocycles. The highest BCUT2D eigenvalue weighted by Gasteiger charge is 2.26. The zero-order chi connectivity index (χ0) is 12.3. The van der Waals surface area contributed by atoms with Crippen molar-refractivity contribution in [1.82, 2.24) is 5.32 Å². The minimum absolute atomic E-state index is 0.129. The maximum atomic E-state index is 13.7. The van der Waals surface area contributed by atoms with Gasteiger partial charge in [0.05, 0.1) is 6.10 Å². The lowest BCUT2D eigenvalue weighted by molar-refractivity contribution is 0.127. The first-order chi connectivity index (χ1) is 8.22. The lowest BCUT2D eigenvalue weighted by Gasteiger charge is -2.16. The van der Waals surface area contributed by atoms with Gasteiger partial charge in [-0.3, -0.25) is 0 Å². The Labute approximate surface area is 106 Å². The Kier molecular flexibility index (Phi) is 4.42. The van der Waals surface area contributed by atoms with E-state index in [1.54, 1.807) is 17.8 Å². The van der Waals surface area contributed by atoms with Crippen molar-refractivity contribution in [1.29, 1.82) is 0 Å². The third-order valence-electron chi connectivity index (χ3n) is 3.01. The molecule has 0 spiro atoms. The standard InChI is InChI=1S/C13H18FNOS/c1-9-12(6-7-16-9)17-13-5-3-4-11(14)10(13)8-15-2/h3-5,9,12,15H,6-8H2,1-2H3. The zero-order valence-corrected chi connectivity index (χ0v) is 11.0. The van der Waals surface area contributed by atoms with E-state index in [1.165, 1.54) is 6.07 Å². The Balaban J connectivity index is 2.16. The van der Waals surface area contributed by atoms with Crippen molar-refractivity contribution in [3.8, 4) is 0 Å². The first-order valence-corrected chi connectivity index (χ1v) is 6.80. The molecule has 1 saturated heterocycles. The van der Waals surface area contributed by atoms with Gasteiger partial charge in [0.1, 0.15) is 5.82 Å². The highest BCUT2D eigenvalue weighted by molar-refractivity contribution is 8.00. The third-order valence-corrected chi connectivity index (χ3v) is 4.57. The summed E-state index contributed by atoms with van der Waals surface area (Å²) in [5.74, 6) is -0.129. The average Bonchev–Trinajstić information content (AvgIpc) is 2.70. The summed E-state index contributed by atoms with van der Waals surface area (Å²) < 4.78 is 19.3. The molecule has 1 N–H and O–H groups in total. The Morgan fingerprint density at radius 3 is 3.00 bits per heavy atom. The number of hydrogen-bond donors (Lipinski definition) is 1. The van der Waals surface area contributed by atoms with Gasteiger partial charge in [0, 0.05) is 28.9 Å². The SMILES string of the molecule is CNCc1c(F)cccc1SC1CCOC1C. The smallest absolute Gasteiger partial charge is 0.128 e. The van der Waals surface area contributed by atoms with Crippen LogP contribution in [0.2, 0.25) is 0 Å². The predicted molar refractivity (Wildman–Crippen MR) is 68.8 cm³/mol. The van der Waals surface area contributed by atoms with Crippen molar-refractivity contribution >= 4 is 11.8 Å². The van der Waals surface area contributed by atoms with E-state index in [1.807, 2.05) is 13.1 Å². The maximum absolute atomic E-state index is 13.7. The Morgan fingerprint density at radius 2 is 2.35 bits per heavy atom. The van der Waals surface area contributed by atoms with Crippen LogP contribution in [-0.4, -0.2) is 25.0 Å². The molecule has 0 bridgehead atoms. The summed E-state index contributed by atoms with van der Waals surface area (Å²) in [6.07, 6.45) is 1.30. The molecular formula is C13H18FNOS. The van der Waals surface area contributed by atoms with Crippen LogP contribution in [-0.2, 0) is 11.3 Å². The highest BCUT2D eigenvalue weighted by Crippen LogP contribution is 2.35. The molecule has 1 aromatic carbocycles. The van der Waals surface area contributed by atoms with Gasteiger partial charge in [0.15, 0.2) is 0 Å². The lowest BCUT2D eigenvalue weighted by atomic mass is 10.2. The van der Waals surface area contributed by atoms with Crippen LogP contribution in [0.5, 0.6) is 0 Å². The molecule has 1 heterocycles. The predicted octanol–water partition coefficient (Wildman–Crippen LogP) is 2.81. The van der Waals surface area contributed by atoms with Crippen LogP contribution >= 0.6 is 11.8 Å². The molecule has 1 aliphatic heterocycles. The van der Waals surface area contributed by atoms with Gasteiger partial charge in [-0.1, -0.05) is 6.07 Å². The van der Waals surface area contributed by atoms with E-state index in [2.05, 4.69) is 12.2 Å². The highest BCUT2D eigenvalue weighted by atomic mass is 32.2. The summed E-state index contributed by atoms with van der Waals surface area (Å²) in [7, 11) is 1.84. The van der Waals surface area contributed by atoms with E-state index in [4.69, 9.17) is 4.74 Å². The fourth-order valence-electron chi connectivity index (χ4n) is 2.03. The van der Waals surface area contributed by atoms with Crippen molar-refractivity contribution in [2.45, 2.75) is 36.1 Å². The number of nitrogens with one attached hydrogen (secondary N) is 1. The Bertz CT molecular complexity index is 386. The topological polar surface area (TPSA) is 21.3 Å². The van der Waals surface area contributed by atoms with Gasteiger partial charge >= 0.3 is 0 Å². The first-order valence-electron chi connectivity index (χ1n) is 5.92. The molecule has 17 heavy (non-hydrogen) atoms. The van der Waals surface area contributed by atoms with Gasteiger partial charge < -0.3 is 10.1 Å². The Hall–Kier alpha value is -0.580. The summed E-state index contributed by atoms with van der Waals surface area (Å²) in [5.41, 5.74) is 0.763. The third kappa shape index (κ3) is 3.00. The van der Waals surface area contributed by atoms with Crippen LogP contribution in [0.1, 0.15) is 18.9 Å². The van der Waals surface area contributed by atoms with E-state index in [9.17, 15) is 4.39 Å². The van der Waals surface area contributed by atoms with Crippen LogP contribution in [0.25, 0.3) is 0 Å². The van der Waals surface area contributed by atoms with Crippen molar-refractivity contribution < 1.29 is 9.13 Å². The van der Waals surface area contributed by atoms with Gasteiger partial charge in [-0.15, -0.1) is 11.8 Å². The fraction of sp³-hybridized carbons (Fsp3) is 0.538. The summed E-state index contributed by atoms with van der Waals surface area (Å²) in [4.78, 5) is 1.03. The second-order valence-corrected chi connectivity index (χ2v) is 5.55. The molecule has 2 nitrogen and oxygen atoms in total. The molecule has 4 heteroatoms. The van der Waals surface area contributed by atoms with E-state index >= 15 is 0 Å². The number of rotatable bonds is 4. The van der Waals surface area contributed by atoms with Gasteiger partial charge in [-0.05, 0) is 32.5 Å². The molecule has 0 amide bonds. The normalized spacial score (nSPS) is 24.2. The molecule has 0 aliphatic carbocycles. The molecule has 0 radical (unpaired) electrons. The van der Waals surface area contributed by atoms with Crippen molar-refractivity contribution in [2.75, 3.05) is 13.7 Å². The van der Waals surface area contributed by atoms with E-state index in [0.29, 0.717) is 11.8 Å². The summed E-state index contributed by atoms with van der Waals surface area (Å²) >= 11 is 1.74. The van der Waals surface area contributed by atoms with Crippen LogP contribution in [0.4, 0.5) is 4.39 Å². The molecule has 2 unspecified atom stereocenters. The minimum atomic E-state index is -0.129. The van der Waals surface area contributed by atoms with Crippen molar-refractivity contribution in [2.24, 2.45) is 0 Å². The Morgan fingerprint density at radius 1 is 1.53 bits per heavy atom. The number of benzene rings is 1. The van der Waals surface area contributed by atoms with Crippen LogP contribution in [0, 0.1) is 5.82 Å². The second kappa shape index (κ2) is 5.85. The molecule has 2 atom stereocenters.